The zero-order chi connectivity index (χ0) is 14.8. The quantitative estimate of drug-likeness (QED) is 0.798. The van der Waals surface area contributed by atoms with E-state index in [0.29, 0.717) is 35.7 Å². The van der Waals surface area contributed by atoms with Crippen LogP contribution in [-0.2, 0) is 26.6 Å². The fourth-order valence-corrected chi connectivity index (χ4v) is 4.95. The number of rotatable bonds is 4. The molecule has 0 aliphatic carbocycles. The third-order valence-corrected chi connectivity index (χ3v) is 6.45. The van der Waals surface area contributed by atoms with Crippen molar-refractivity contribution in [1.29, 1.82) is 0 Å². The highest BCUT2D eigenvalue weighted by Crippen LogP contribution is 2.14. The molecule has 0 atom stereocenters. The van der Waals surface area contributed by atoms with Crippen LogP contribution >= 0.6 is 12.2 Å². The van der Waals surface area contributed by atoms with E-state index in [9.17, 15) is 12.6 Å². The highest BCUT2D eigenvalue weighted by molar-refractivity contribution is 7.88. The molecular formula is C12H16N2O3S3. The third-order valence-electron chi connectivity index (χ3n) is 3.09. The molecule has 20 heavy (non-hydrogen) atoms. The van der Waals surface area contributed by atoms with Gasteiger partial charge in [0.15, 0.2) is 0 Å². The number of hydrogen-bond acceptors (Lipinski definition) is 4. The molecule has 0 amide bonds. The van der Waals surface area contributed by atoms with Crippen molar-refractivity contribution in [2.24, 2.45) is 5.73 Å². The van der Waals surface area contributed by atoms with Gasteiger partial charge >= 0.3 is 0 Å². The van der Waals surface area contributed by atoms with Crippen LogP contribution < -0.4 is 5.73 Å². The first-order valence-corrected chi connectivity index (χ1v) is 9.60. The Morgan fingerprint density at radius 2 is 2.00 bits per heavy atom. The van der Waals surface area contributed by atoms with Crippen molar-refractivity contribution < 1.29 is 12.6 Å². The zero-order valence-corrected chi connectivity index (χ0v) is 13.3. The maximum Gasteiger partial charge on any atom is 0.218 e. The summed E-state index contributed by atoms with van der Waals surface area (Å²) in [6, 6.07) is 6.93. The number of benzene rings is 1. The highest BCUT2D eigenvalue weighted by Gasteiger charge is 2.26. The van der Waals surface area contributed by atoms with E-state index >= 15 is 0 Å². The topological polar surface area (TPSA) is 80.5 Å². The maximum atomic E-state index is 12.3. The second-order valence-electron chi connectivity index (χ2n) is 4.57. The first-order chi connectivity index (χ1) is 9.38. The Hall–Kier alpha value is -0.830. The molecule has 2 N–H and O–H groups in total. The van der Waals surface area contributed by atoms with Gasteiger partial charge in [-0.2, -0.15) is 4.31 Å². The fraction of sp³-hybridized carbons (Fsp3) is 0.417. The van der Waals surface area contributed by atoms with Crippen LogP contribution in [0, 0.1) is 0 Å². The van der Waals surface area contributed by atoms with E-state index in [0.717, 1.165) is 0 Å². The maximum absolute atomic E-state index is 12.3. The first kappa shape index (κ1) is 15.6. The number of sulfonamides is 1. The van der Waals surface area contributed by atoms with Gasteiger partial charge in [0, 0.05) is 41.0 Å². The number of hydrogen-bond donors (Lipinski definition) is 1. The van der Waals surface area contributed by atoms with E-state index in [4.69, 9.17) is 18.0 Å². The molecule has 5 nitrogen and oxygen atoms in total. The first-order valence-electron chi connectivity index (χ1n) is 6.10. The minimum absolute atomic E-state index is 0.0872. The van der Waals surface area contributed by atoms with Gasteiger partial charge in [0.2, 0.25) is 10.0 Å². The molecular weight excluding hydrogens is 316 g/mol. The van der Waals surface area contributed by atoms with Crippen LogP contribution in [0.5, 0.6) is 0 Å². The van der Waals surface area contributed by atoms with Crippen molar-refractivity contribution in [3.8, 4) is 0 Å². The molecule has 0 saturated carbocycles. The lowest BCUT2D eigenvalue weighted by molar-refractivity contribution is 0.438. The average molecular weight is 332 g/mol. The van der Waals surface area contributed by atoms with Crippen LogP contribution in [0.4, 0.5) is 0 Å². The van der Waals surface area contributed by atoms with Crippen molar-refractivity contribution in [2.45, 2.75) is 5.75 Å². The minimum Gasteiger partial charge on any atom is -0.389 e. The van der Waals surface area contributed by atoms with E-state index in [1.807, 2.05) is 0 Å². The Morgan fingerprint density at radius 3 is 2.60 bits per heavy atom. The van der Waals surface area contributed by atoms with Crippen LogP contribution in [0.1, 0.15) is 11.1 Å². The van der Waals surface area contributed by atoms with Crippen molar-refractivity contribution >= 4 is 38.0 Å². The Labute approximate surface area is 126 Å². The van der Waals surface area contributed by atoms with Gasteiger partial charge in [-0.3, -0.25) is 4.21 Å². The summed E-state index contributed by atoms with van der Waals surface area (Å²) < 4.78 is 37.3. The Kier molecular flexibility index (Phi) is 4.90. The summed E-state index contributed by atoms with van der Waals surface area (Å²) in [5.74, 6) is 0.731. The summed E-state index contributed by atoms with van der Waals surface area (Å²) >= 11 is 4.89. The molecule has 1 aromatic carbocycles. The van der Waals surface area contributed by atoms with Gasteiger partial charge in [-0.25, -0.2) is 8.42 Å². The Morgan fingerprint density at radius 1 is 1.35 bits per heavy atom. The van der Waals surface area contributed by atoms with Gasteiger partial charge in [0.1, 0.15) is 4.99 Å². The van der Waals surface area contributed by atoms with Gasteiger partial charge < -0.3 is 5.73 Å². The average Bonchev–Trinajstić information content (AvgIpc) is 2.39. The zero-order valence-electron chi connectivity index (χ0n) is 10.8. The van der Waals surface area contributed by atoms with Crippen LogP contribution in [0.15, 0.2) is 24.3 Å². The van der Waals surface area contributed by atoms with Crippen molar-refractivity contribution in [3.05, 3.63) is 35.4 Å². The molecule has 1 aliphatic heterocycles. The number of thiocarbonyl (C=S) groups is 1. The molecule has 0 bridgehead atoms. The van der Waals surface area contributed by atoms with Crippen molar-refractivity contribution in [3.63, 3.8) is 0 Å². The highest BCUT2D eigenvalue weighted by atomic mass is 32.2. The predicted molar refractivity (Wildman–Crippen MR) is 84.4 cm³/mol. The largest absolute Gasteiger partial charge is 0.389 e. The summed E-state index contributed by atoms with van der Waals surface area (Å²) in [4.78, 5) is 0.248. The van der Waals surface area contributed by atoms with E-state index < -0.39 is 20.8 Å². The summed E-state index contributed by atoms with van der Waals surface area (Å²) in [5, 5.41) is 0. The van der Waals surface area contributed by atoms with Gasteiger partial charge in [-0.05, 0) is 11.6 Å². The van der Waals surface area contributed by atoms with Gasteiger partial charge in [-0.15, -0.1) is 0 Å². The third kappa shape index (κ3) is 3.85. The molecule has 1 aliphatic rings. The molecule has 1 fully saturated rings. The summed E-state index contributed by atoms with van der Waals surface area (Å²) in [6.07, 6.45) is 0. The lowest BCUT2D eigenvalue weighted by atomic mass is 10.1. The van der Waals surface area contributed by atoms with Crippen LogP contribution in [0.25, 0.3) is 0 Å². The van der Waals surface area contributed by atoms with Gasteiger partial charge in [-0.1, -0.05) is 30.4 Å². The van der Waals surface area contributed by atoms with Crippen LogP contribution in [-0.4, -0.2) is 46.5 Å². The minimum atomic E-state index is -3.39. The molecule has 110 valence electrons. The molecule has 1 saturated heterocycles. The van der Waals surface area contributed by atoms with E-state index in [2.05, 4.69) is 0 Å². The summed E-state index contributed by atoms with van der Waals surface area (Å²) in [7, 11) is -4.28. The SMILES string of the molecule is NC(=S)c1cccc(CS(=O)(=O)N2CCS(=O)CC2)c1. The van der Waals surface area contributed by atoms with Gasteiger partial charge in [0.25, 0.3) is 0 Å². The molecule has 8 heteroatoms. The summed E-state index contributed by atoms with van der Waals surface area (Å²) in [6.45, 7) is 0.647. The normalized spacial score (nSPS) is 18.0. The fourth-order valence-electron chi connectivity index (χ4n) is 2.02. The molecule has 1 aromatic rings. The summed E-state index contributed by atoms with van der Waals surface area (Å²) in [5.41, 5.74) is 6.86. The van der Waals surface area contributed by atoms with E-state index in [1.165, 1.54) is 4.31 Å². The molecule has 0 aromatic heterocycles. The lowest BCUT2D eigenvalue weighted by Gasteiger charge is -2.25. The van der Waals surface area contributed by atoms with Gasteiger partial charge in [0.05, 0.1) is 5.75 Å². The number of nitrogens with two attached hydrogens (primary N) is 1. The second kappa shape index (κ2) is 6.30. The number of nitrogens with zero attached hydrogens (tertiary/aromatic N) is 1. The van der Waals surface area contributed by atoms with Crippen LogP contribution in [0.3, 0.4) is 0 Å². The Bertz CT molecular complexity index is 633. The van der Waals surface area contributed by atoms with Crippen molar-refractivity contribution in [1.82, 2.24) is 4.31 Å². The predicted octanol–water partition coefficient (Wildman–Crippen LogP) is 0.215. The van der Waals surface area contributed by atoms with E-state index in [-0.39, 0.29) is 10.7 Å². The molecule has 0 unspecified atom stereocenters. The molecule has 2 rings (SSSR count). The van der Waals surface area contributed by atoms with E-state index in [1.54, 1.807) is 24.3 Å². The standard InChI is InChI=1S/C12H16N2O3S3/c13-12(18)11-3-1-2-10(8-11)9-20(16,17)14-4-6-19(15)7-5-14/h1-3,8H,4-7,9H2,(H2,13,18). The second-order valence-corrected chi connectivity index (χ2v) is 8.67. The molecule has 0 spiro atoms. The lowest BCUT2D eigenvalue weighted by Crippen LogP contribution is -2.42. The van der Waals surface area contributed by atoms with Crippen molar-refractivity contribution in [2.75, 3.05) is 24.6 Å². The molecule has 0 radical (unpaired) electrons. The monoisotopic (exact) mass is 332 g/mol. The van der Waals surface area contributed by atoms with Crippen LogP contribution in [0.2, 0.25) is 0 Å². The Balaban J connectivity index is 2.14. The molecule has 1 heterocycles. The smallest absolute Gasteiger partial charge is 0.218 e.